The van der Waals surface area contributed by atoms with Crippen molar-refractivity contribution in [2.75, 3.05) is 5.32 Å². The molecular formula is C13H9ClFIN2O3. The van der Waals surface area contributed by atoms with Crippen LogP contribution in [-0.4, -0.2) is 15.6 Å². The Bertz CT molecular complexity index is 792. The maximum absolute atomic E-state index is 13.8. The highest BCUT2D eigenvalue weighted by Gasteiger charge is 2.19. The Labute approximate surface area is 137 Å². The molecule has 1 heterocycles. The maximum Gasteiger partial charge on any atom is 0.339 e. The molecule has 2 N–H and O–H groups in total. The number of carboxylic acids is 1. The van der Waals surface area contributed by atoms with Gasteiger partial charge in [0, 0.05) is 16.8 Å². The third-order valence-electron chi connectivity index (χ3n) is 2.74. The van der Waals surface area contributed by atoms with Gasteiger partial charge in [-0.15, -0.1) is 0 Å². The van der Waals surface area contributed by atoms with Crippen LogP contribution in [0.2, 0.25) is 5.02 Å². The molecule has 0 atom stereocenters. The average Bonchev–Trinajstić information content (AvgIpc) is 2.41. The van der Waals surface area contributed by atoms with Crippen LogP contribution in [0.5, 0.6) is 0 Å². The highest BCUT2D eigenvalue weighted by Crippen LogP contribution is 2.28. The smallest absolute Gasteiger partial charge is 0.339 e. The normalized spacial score (nSPS) is 10.5. The number of halogens is 3. The van der Waals surface area contributed by atoms with E-state index < -0.39 is 17.3 Å². The second-order valence-electron chi connectivity index (χ2n) is 4.20. The Morgan fingerprint density at radius 2 is 2.14 bits per heavy atom. The topological polar surface area (TPSA) is 71.3 Å². The molecule has 1 aromatic heterocycles. The lowest BCUT2D eigenvalue weighted by Crippen LogP contribution is -2.21. The Hall–Kier alpha value is -1.61. The standard InChI is InChI=1S/C13H9ClFIN2O3/c1-18-5-7(13(20)21)11(10(14)12(18)19)17-9-3-2-6(16)4-8(9)15/h2-5,17H,1H3,(H,20,21). The average molecular weight is 423 g/mol. The predicted molar refractivity (Wildman–Crippen MR) is 86.1 cm³/mol. The van der Waals surface area contributed by atoms with Crippen LogP contribution in [0.25, 0.3) is 0 Å². The molecule has 0 aliphatic carbocycles. The van der Waals surface area contributed by atoms with Crippen LogP contribution >= 0.6 is 34.2 Å². The molecule has 5 nitrogen and oxygen atoms in total. The van der Waals surface area contributed by atoms with E-state index in [1.165, 1.54) is 19.2 Å². The largest absolute Gasteiger partial charge is 0.478 e. The minimum absolute atomic E-state index is 0.0352. The molecule has 0 saturated heterocycles. The Morgan fingerprint density at radius 1 is 1.48 bits per heavy atom. The van der Waals surface area contributed by atoms with Gasteiger partial charge in [0.2, 0.25) is 0 Å². The van der Waals surface area contributed by atoms with Crippen LogP contribution in [0.3, 0.4) is 0 Å². The van der Waals surface area contributed by atoms with Crippen LogP contribution in [-0.2, 0) is 7.05 Å². The minimum atomic E-state index is -1.28. The van der Waals surface area contributed by atoms with E-state index in [-0.39, 0.29) is 22.0 Å². The zero-order chi connectivity index (χ0) is 15.7. The molecule has 1 aromatic carbocycles. The second kappa shape index (κ2) is 6.02. The summed E-state index contributed by atoms with van der Waals surface area (Å²) in [5.41, 5.74) is -0.893. The van der Waals surface area contributed by atoms with Gasteiger partial charge in [-0.25, -0.2) is 9.18 Å². The van der Waals surface area contributed by atoms with E-state index in [9.17, 15) is 19.1 Å². The molecule has 2 rings (SSSR count). The molecule has 8 heteroatoms. The fraction of sp³-hybridized carbons (Fsp3) is 0.0769. The summed E-state index contributed by atoms with van der Waals surface area (Å²) in [7, 11) is 1.38. The summed E-state index contributed by atoms with van der Waals surface area (Å²) >= 11 is 7.84. The number of aryl methyl sites for hydroxylation is 1. The lowest BCUT2D eigenvalue weighted by atomic mass is 10.2. The molecule has 0 aliphatic heterocycles. The van der Waals surface area contributed by atoms with Gasteiger partial charge in [-0.05, 0) is 40.8 Å². The van der Waals surface area contributed by atoms with Crippen molar-refractivity contribution in [2.24, 2.45) is 7.05 Å². The number of carbonyl (C=O) groups is 1. The first kappa shape index (κ1) is 15.8. The first-order valence-corrected chi connectivity index (χ1v) is 7.11. The van der Waals surface area contributed by atoms with Gasteiger partial charge in [-0.3, -0.25) is 4.79 Å². The monoisotopic (exact) mass is 422 g/mol. The number of nitrogens with zero attached hydrogens (tertiary/aromatic N) is 1. The third-order valence-corrected chi connectivity index (χ3v) is 3.76. The number of benzene rings is 1. The summed E-state index contributed by atoms with van der Waals surface area (Å²) in [5, 5.41) is 11.5. The van der Waals surface area contributed by atoms with Gasteiger partial charge in [0.25, 0.3) is 5.56 Å². The number of nitrogens with one attached hydrogen (secondary N) is 1. The number of carboxylic acid groups (broad SMARTS) is 1. The van der Waals surface area contributed by atoms with Gasteiger partial charge in [0.05, 0.1) is 11.4 Å². The highest BCUT2D eigenvalue weighted by atomic mass is 127. The minimum Gasteiger partial charge on any atom is -0.478 e. The molecule has 0 amide bonds. The van der Waals surface area contributed by atoms with Crippen molar-refractivity contribution in [2.45, 2.75) is 0 Å². The van der Waals surface area contributed by atoms with Crippen LogP contribution in [0.15, 0.2) is 29.2 Å². The Balaban J connectivity index is 2.60. The number of aromatic nitrogens is 1. The number of aromatic carboxylic acids is 1. The molecule has 110 valence electrons. The van der Waals surface area contributed by atoms with E-state index in [0.717, 1.165) is 10.8 Å². The van der Waals surface area contributed by atoms with Gasteiger partial charge in [0.15, 0.2) is 0 Å². The fourth-order valence-electron chi connectivity index (χ4n) is 1.71. The summed E-state index contributed by atoms with van der Waals surface area (Å²) in [6.45, 7) is 0. The van der Waals surface area contributed by atoms with E-state index in [4.69, 9.17) is 11.6 Å². The molecule has 2 aromatic rings. The van der Waals surface area contributed by atoms with Crippen molar-refractivity contribution in [3.63, 3.8) is 0 Å². The quantitative estimate of drug-likeness (QED) is 0.745. The first-order chi connectivity index (χ1) is 9.81. The molecule has 0 radical (unpaired) electrons. The number of hydrogen-bond acceptors (Lipinski definition) is 3. The van der Waals surface area contributed by atoms with E-state index >= 15 is 0 Å². The summed E-state index contributed by atoms with van der Waals surface area (Å²) in [4.78, 5) is 23.1. The maximum atomic E-state index is 13.8. The van der Waals surface area contributed by atoms with E-state index in [1.807, 2.05) is 22.6 Å². The second-order valence-corrected chi connectivity index (χ2v) is 5.83. The zero-order valence-corrected chi connectivity index (χ0v) is 13.6. The molecule has 0 spiro atoms. The van der Waals surface area contributed by atoms with Gasteiger partial charge < -0.3 is 15.0 Å². The van der Waals surface area contributed by atoms with E-state index in [2.05, 4.69) is 5.32 Å². The van der Waals surface area contributed by atoms with Crippen molar-refractivity contribution < 1.29 is 14.3 Å². The summed E-state index contributed by atoms with van der Waals surface area (Å²) < 4.78 is 15.6. The van der Waals surface area contributed by atoms with E-state index in [0.29, 0.717) is 3.57 Å². The van der Waals surface area contributed by atoms with Crippen LogP contribution < -0.4 is 10.9 Å². The zero-order valence-electron chi connectivity index (χ0n) is 10.7. The van der Waals surface area contributed by atoms with Crippen LogP contribution in [0.1, 0.15) is 10.4 Å². The summed E-state index contributed by atoms with van der Waals surface area (Å²) in [6.07, 6.45) is 1.13. The SMILES string of the molecule is Cn1cc(C(=O)O)c(Nc2ccc(I)cc2F)c(Cl)c1=O. The van der Waals surface area contributed by atoms with Crippen molar-refractivity contribution in [3.8, 4) is 0 Å². The molecular weight excluding hydrogens is 414 g/mol. The fourth-order valence-corrected chi connectivity index (χ4v) is 2.44. The molecule has 0 saturated carbocycles. The van der Waals surface area contributed by atoms with Crippen molar-refractivity contribution in [1.29, 1.82) is 0 Å². The van der Waals surface area contributed by atoms with Crippen LogP contribution in [0.4, 0.5) is 15.8 Å². The molecule has 0 unspecified atom stereocenters. The number of hydrogen-bond donors (Lipinski definition) is 2. The summed E-state index contributed by atoms with van der Waals surface area (Å²) in [5.74, 6) is -1.85. The van der Waals surface area contributed by atoms with E-state index in [1.54, 1.807) is 6.07 Å². The van der Waals surface area contributed by atoms with Gasteiger partial charge >= 0.3 is 5.97 Å². The van der Waals surface area contributed by atoms with Crippen molar-refractivity contribution in [1.82, 2.24) is 4.57 Å². The number of rotatable bonds is 3. The first-order valence-electron chi connectivity index (χ1n) is 5.65. The molecule has 21 heavy (non-hydrogen) atoms. The lowest BCUT2D eigenvalue weighted by Gasteiger charge is -2.13. The predicted octanol–water partition coefficient (Wildman–Crippen LogP) is 3.22. The number of anilines is 2. The third kappa shape index (κ3) is 3.18. The molecule has 0 aliphatic rings. The van der Waals surface area contributed by atoms with Crippen molar-refractivity contribution >= 4 is 51.5 Å². The number of pyridine rings is 1. The van der Waals surface area contributed by atoms with Gasteiger partial charge in [0.1, 0.15) is 16.4 Å². The Morgan fingerprint density at radius 3 is 2.71 bits per heavy atom. The van der Waals surface area contributed by atoms with Crippen molar-refractivity contribution in [3.05, 3.63) is 54.7 Å². The van der Waals surface area contributed by atoms with Crippen LogP contribution in [0, 0.1) is 9.39 Å². The van der Waals surface area contributed by atoms with Gasteiger partial charge in [-0.2, -0.15) is 0 Å². The summed E-state index contributed by atoms with van der Waals surface area (Å²) in [6, 6.07) is 4.36. The highest BCUT2D eigenvalue weighted by molar-refractivity contribution is 14.1. The molecule has 0 bridgehead atoms. The van der Waals surface area contributed by atoms with Gasteiger partial charge in [-0.1, -0.05) is 11.6 Å². The lowest BCUT2D eigenvalue weighted by molar-refractivity contribution is 0.0697. The molecule has 0 fully saturated rings. The Kier molecular flexibility index (Phi) is 4.52.